The van der Waals surface area contributed by atoms with E-state index >= 15 is 0 Å². The summed E-state index contributed by atoms with van der Waals surface area (Å²) in [5.74, 6) is -1.57. The van der Waals surface area contributed by atoms with E-state index in [-0.39, 0.29) is 17.1 Å². The molecule has 0 radical (unpaired) electrons. The number of nitrogens with zero attached hydrogens (tertiary/aromatic N) is 3. The van der Waals surface area contributed by atoms with Crippen molar-refractivity contribution in [2.24, 2.45) is 5.16 Å². The van der Waals surface area contributed by atoms with Gasteiger partial charge < -0.3 is 25.1 Å². The summed E-state index contributed by atoms with van der Waals surface area (Å²) in [6, 6.07) is -0.702. The number of nitrogens with one attached hydrogen (secondary N) is 2. The minimum absolute atomic E-state index is 0.0000192. The van der Waals surface area contributed by atoms with Crippen molar-refractivity contribution in [1.29, 1.82) is 0 Å². The summed E-state index contributed by atoms with van der Waals surface area (Å²) in [7, 11) is 1.37. The van der Waals surface area contributed by atoms with Gasteiger partial charge >= 0.3 is 5.97 Å². The van der Waals surface area contributed by atoms with Crippen molar-refractivity contribution in [3.8, 4) is 0 Å². The number of aryl methyl sites for hydroxylation is 1. The average molecular weight is 444 g/mol. The molecule has 29 heavy (non-hydrogen) atoms. The zero-order chi connectivity index (χ0) is 21.1. The van der Waals surface area contributed by atoms with Crippen LogP contribution in [0.5, 0.6) is 0 Å². The Hall–Kier alpha value is -2.66. The van der Waals surface area contributed by atoms with Gasteiger partial charge in [-0.25, -0.2) is 14.2 Å². The first-order valence-electron chi connectivity index (χ1n) is 8.65. The van der Waals surface area contributed by atoms with Crippen LogP contribution in [0, 0.1) is 6.92 Å². The second kappa shape index (κ2) is 8.78. The summed E-state index contributed by atoms with van der Waals surface area (Å²) >= 11 is 7.18. The van der Waals surface area contributed by atoms with Gasteiger partial charge in [0.1, 0.15) is 23.9 Å². The number of hydrogen-bond acceptors (Lipinski definition) is 7. The van der Waals surface area contributed by atoms with Crippen LogP contribution in [0.3, 0.4) is 0 Å². The first-order valence-corrected chi connectivity index (χ1v) is 9.84. The number of H-pyrrole nitrogens is 1. The Labute approximate surface area is 174 Å². The molecule has 0 aromatic carbocycles. The molecular weight excluding hydrogens is 425 g/mol. The lowest BCUT2D eigenvalue weighted by atomic mass is 10.0. The number of rotatable bonds is 6. The van der Waals surface area contributed by atoms with Gasteiger partial charge in [0.25, 0.3) is 5.91 Å². The molecule has 2 aromatic heterocycles. The first-order chi connectivity index (χ1) is 13.8. The maximum atomic E-state index is 14.7. The molecule has 9 nitrogen and oxygen atoms in total. The SMILES string of the molecule is CON=Cc1c(C(=O)N[C@@H]2CCN(c3ncc(C(=O)O)s3)C[C@@H]2F)[nH]c(C)c1Cl. The number of halogens is 2. The number of oxime groups is 1. The third kappa shape index (κ3) is 4.51. The highest BCUT2D eigenvalue weighted by Gasteiger charge is 2.33. The van der Waals surface area contributed by atoms with E-state index in [4.69, 9.17) is 16.7 Å². The number of hydrogen-bond donors (Lipinski definition) is 3. The number of aromatic carboxylic acids is 1. The number of aromatic amines is 1. The van der Waals surface area contributed by atoms with E-state index in [1.54, 1.807) is 11.8 Å². The number of amides is 1. The summed E-state index contributed by atoms with van der Waals surface area (Å²) in [4.78, 5) is 37.0. The van der Waals surface area contributed by atoms with Crippen LogP contribution in [-0.4, -0.2) is 65.6 Å². The highest BCUT2D eigenvalue weighted by molar-refractivity contribution is 7.17. The molecule has 3 N–H and O–H groups in total. The number of carbonyl (C=O) groups excluding carboxylic acids is 1. The lowest BCUT2D eigenvalue weighted by molar-refractivity contribution is 0.0701. The molecule has 1 aliphatic heterocycles. The molecule has 0 spiro atoms. The van der Waals surface area contributed by atoms with Crippen molar-refractivity contribution in [3.63, 3.8) is 0 Å². The van der Waals surface area contributed by atoms with E-state index in [2.05, 4.69) is 25.3 Å². The van der Waals surface area contributed by atoms with E-state index in [0.29, 0.717) is 34.4 Å². The molecule has 1 saturated heterocycles. The fourth-order valence-electron chi connectivity index (χ4n) is 3.02. The smallest absolute Gasteiger partial charge is 0.347 e. The van der Waals surface area contributed by atoms with Crippen LogP contribution in [0.1, 0.15) is 37.8 Å². The van der Waals surface area contributed by atoms with Crippen molar-refractivity contribution in [3.05, 3.63) is 33.0 Å². The van der Waals surface area contributed by atoms with E-state index in [9.17, 15) is 14.0 Å². The predicted octanol–water partition coefficient (Wildman–Crippen LogP) is 2.46. The van der Waals surface area contributed by atoms with Gasteiger partial charge in [0, 0.05) is 17.8 Å². The number of piperidine rings is 1. The standard InChI is InChI=1S/C17H19ClFN5O4S/c1-8-13(18)9(5-21-28-2)14(22-8)15(25)23-11-3-4-24(7-10(11)19)17-20-6-12(29-17)16(26)27/h5-6,10-11,22H,3-4,7H2,1-2H3,(H,23,25)(H,26,27)/t10-,11+/m0/s1. The van der Waals surface area contributed by atoms with Crippen LogP contribution in [0.2, 0.25) is 5.02 Å². The molecule has 0 saturated carbocycles. The number of carboxylic acid groups (broad SMARTS) is 1. The minimum Gasteiger partial charge on any atom is -0.477 e. The van der Waals surface area contributed by atoms with Gasteiger partial charge in [-0.2, -0.15) is 0 Å². The summed E-state index contributed by atoms with van der Waals surface area (Å²) < 4.78 is 14.7. The average Bonchev–Trinajstić information content (AvgIpc) is 3.28. The molecule has 0 unspecified atom stereocenters. The van der Waals surface area contributed by atoms with Gasteiger partial charge in [-0.05, 0) is 13.3 Å². The Balaban J connectivity index is 1.67. The van der Waals surface area contributed by atoms with Crippen LogP contribution in [-0.2, 0) is 4.84 Å². The quantitative estimate of drug-likeness (QED) is 0.466. The predicted molar refractivity (Wildman–Crippen MR) is 107 cm³/mol. The van der Waals surface area contributed by atoms with Crippen molar-refractivity contribution in [2.45, 2.75) is 25.6 Å². The maximum Gasteiger partial charge on any atom is 0.347 e. The number of aromatic nitrogens is 2. The van der Waals surface area contributed by atoms with Crippen LogP contribution >= 0.6 is 22.9 Å². The second-order valence-corrected chi connectivity index (χ2v) is 7.80. The molecule has 0 aliphatic carbocycles. The van der Waals surface area contributed by atoms with Crippen molar-refractivity contribution < 1.29 is 23.9 Å². The third-order valence-corrected chi connectivity index (χ3v) is 6.03. The third-order valence-electron chi connectivity index (χ3n) is 4.49. The Bertz CT molecular complexity index is 946. The van der Waals surface area contributed by atoms with E-state index < -0.39 is 24.1 Å². The minimum atomic E-state index is -1.35. The lowest BCUT2D eigenvalue weighted by Crippen LogP contribution is -2.52. The Morgan fingerprint density at radius 3 is 2.97 bits per heavy atom. The zero-order valence-corrected chi connectivity index (χ0v) is 17.2. The molecule has 2 aromatic rings. The van der Waals surface area contributed by atoms with Gasteiger partial charge in [0.2, 0.25) is 0 Å². The maximum absolute atomic E-state index is 14.7. The van der Waals surface area contributed by atoms with Gasteiger partial charge in [0.05, 0.1) is 30.0 Å². The Morgan fingerprint density at radius 1 is 1.59 bits per heavy atom. The van der Waals surface area contributed by atoms with Crippen molar-refractivity contribution in [2.75, 3.05) is 25.1 Å². The van der Waals surface area contributed by atoms with Crippen molar-refractivity contribution in [1.82, 2.24) is 15.3 Å². The van der Waals surface area contributed by atoms with Crippen LogP contribution < -0.4 is 10.2 Å². The molecule has 0 bridgehead atoms. The number of anilines is 1. The molecular formula is C17H19ClFN5O4S. The highest BCUT2D eigenvalue weighted by Crippen LogP contribution is 2.27. The molecule has 1 fully saturated rings. The van der Waals surface area contributed by atoms with E-state index in [1.807, 2.05) is 0 Å². The van der Waals surface area contributed by atoms with Gasteiger partial charge in [0.15, 0.2) is 5.13 Å². The summed E-state index contributed by atoms with van der Waals surface area (Å²) in [5.41, 5.74) is 1.12. The summed E-state index contributed by atoms with van der Waals surface area (Å²) in [6.07, 6.45) is 1.55. The van der Waals surface area contributed by atoms with Crippen LogP contribution in [0.15, 0.2) is 11.4 Å². The molecule has 3 rings (SSSR count). The molecule has 1 amide bonds. The largest absolute Gasteiger partial charge is 0.477 e. The highest BCUT2D eigenvalue weighted by atomic mass is 35.5. The van der Waals surface area contributed by atoms with Gasteiger partial charge in [-0.15, -0.1) is 0 Å². The monoisotopic (exact) mass is 443 g/mol. The fourth-order valence-corrected chi connectivity index (χ4v) is 4.00. The zero-order valence-electron chi connectivity index (χ0n) is 15.6. The Kier molecular flexibility index (Phi) is 6.38. The van der Waals surface area contributed by atoms with Gasteiger partial charge in [-0.3, -0.25) is 4.79 Å². The Morgan fingerprint density at radius 2 is 2.34 bits per heavy atom. The molecule has 1 aliphatic rings. The molecule has 2 atom stereocenters. The van der Waals surface area contributed by atoms with E-state index in [0.717, 1.165) is 11.3 Å². The normalized spacial score (nSPS) is 19.5. The van der Waals surface area contributed by atoms with Crippen molar-refractivity contribution >= 4 is 46.2 Å². The number of thiazole rings is 1. The number of carboxylic acids is 1. The number of carbonyl (C=O) groups is 2. The summed E-state index contributed by atoms with van der Waals surface area (Å²) in [6.45, 7) is 2.14. The molecule has 12 heteroatoms. The van der Waals surface area contributed by atoms with Crippen LogP contribution in [0.4, 0.5) is 9.52 Å². The molecule has 3 heterocycles. The van der Waals surface area contributed by atoms with E-state index in [1.165, 1.54) is 19.5 Å². The summed E-state index contributed by atoms with van der Waals surface area (Å²) in [5, 5.41) is 16.1. The van der Waals surface area contributed by atoms with Gasteiger partial charge in [-0.1, -0.05) is 28.1 Å². The second-order valence-electron chi connectivity index (χ2n) is 6.41. The fraction of sp³-hybridized carbons (Fsp3) is 0.412. The topological polar surface area (TPSA) is 120 Å². The first kappa shape index (κ1) is 21.1. The molecule has 156 valence electrons. The lowest BCUT2D eigenvalue weighted by Gasteiger charge is -2.34. The van der Waals surface area contributed by atoms with Crippen LogP contribution in [0.25, 0.3) is 0 Å². The number of alkyl halides is 1.